The average Bonchev–Trinajstić information content (AvgIpc) is 2.37. The van der Waals surface area contributed by atoms with E-state index in [2.05, 4.69) is 5.32 Å². The Kier molecular flexibility index (Phi) is 3.48. The topological polar surface area (TPSA) is 66.5 Å². The minimum atomic E-state index is -0.863. The molecule has 1 aromatic carbocycles. The molecule has 5 nitrogen and oxygen atoms in total. The van der Waals surface area contributed by atoms with Crippen LogP contribution in [0, 0.1) is 0 Å². The fraction of sp³-hybridized carbons (Fsp3) is 0.357. The first kappa shape index (κ1) is 13.4. The second-order valence-corrected chi connectivity index (χ2v) is 5.08. The molecule has 1 saturated heterocycles. The normalized spacial score (nSPS) is 19.1. The number of imide groups is 1. The standard InChI is InChI=1S/C14H16N2O3/c1-14(2)13(19)15-12(18)9-16(14)8-11(17)10-6-4-3-5-7-10/h3-7H,8-9H2,1-2H3,(H,15,18,19). The Hall–Kier alpha value is -2.01. The Bertz CT molecular complexity index is 523. The molecule has 1 heterocycles. The van der Waals surface area contributed by atoms with Crippen molar-refractivity contribution < 1.29 is 14.4 Å². The smallest absolute Gasteiger partial charge is 0.246 e. The van der Waals surface area contributed by atoms with Crippen molar-refractivity contribution in [3.05, 3.63) is 35.9 Å². The zero-order valence-corrected chi connectivity index (χ0v) is 11.0. The minimum absolute atomic E-state index is 0.0518. The van der Waals surface area contributed by atoms with Gasteiger partial charge in [0.1, 0.15) is 0 Å². The Labute approximate surface area is 111 Å². The molecule has 19 heavy (non-hydrogen) atoms. The first-order valence-corrected chi connectivity index (χ1v) is 6.09. The van der Waals surface area contributed by atoms with Crippen LogP contribution in [0.1, 0.15) is 24.2 Å². The highest BCUT2D eigenvalue weighted by atomic mass is 16.2. The molecular weight excluding hydrogens is 244 g/mol. The molecule has 0 atom stereocenters. The number of benzene rings is 1. The van der Waals surface area contributed by atoms with Crippen molar-refractivity contribution in [3.8, 4) is 0 Å². The zero-order valence-electron chi connectivity index (χ0n) is 11.0. The number of rotatable bonds is 3. The number of nitrogens with zero attached hydrogens (tertiary/aromatic N) is 1. The van der Waals surface area contributed by atoms with E-state index in [0.717, 1.165) is 0 Å². The fourth-order valence-corrected chi connectivity index (χ4v) is 1.98. The van der Waals surface area contributed by atoms with Crippen LogP contribution in [0.2, 0.25) is 0 Å². The maximum atomic E-state index is 12.1. The monoisotopic (exact) mass is 260 g/mol. The summed E-state index contributed by atoms with van der Waals surface area (Å²) in [4.78, 5) is 36.9. The highest BCUT2D eigenvalue weighted by Crippen LogP contribution is 2.18. The summed E-state index contributed by atoms with van der Waals surface area (Å²) in [6, 6.07) is 8.85. The van der Waals surface area contributed by atoms with Crippen molar-refractivity contribution in [2.75, 3.05) is 13.1 Å². The number of amides is 2. The molecule has 2 amide bonds. The van der Waals surface area contributed by atoms with E-state index in [4.69, 9.17) is 0 Å². The molecule has 0 bridgehead atoms. The first-order chi connectivity index (χ1) is 8.91. The molecular formula is C14H16N2O3. The summed E-state index contributed by atoms with van der Waals surface area (Å²) in [5.41, 5.74) is -0.282. The third-order valence-corrected chi connectivity index (χ3v) is 3.36. The van der Waals surface area contributed by atoms with E-state index < -0.39 is 5.54 Å². The molecule has 100 valence electrons. The highest BCUT2D eigenvalue weighted by molar-refractivity contribution is 6.04. The van der Waals surface area contributed by atoms with E-state index in [1.807, 2.05) is 6.07 Å². The molecule has 0 unspecified atom stereocenters. The van der Waals surface area contributed by atoms with E-state index in [-0.39, 0.29) is 30.7 Å². The predicted octanol–water partition coefficient (Wildman–Crippen LogP) is 0.606. The number of carbonyl (C=O) groups is 3. The van der Waals surface area contributed by atoms with Gasteiger partial charge in [-0.25, -0.2) is 0 Å². The number of Topliss-reactive ketones (excluding diaryl/α,β-unsaturated/α-hetero) is 1. The van der Waals surface area contributed by atoms with Gasteiger partial charge >= 0.3 is 0 Å². The summed E-state index contributed by atoms with van der Waals surface area (Å²) >= 11 is 0. The lowest BCUT2D eigenvalue weighted by atomic mass is 9.97. The molecule has 1 fully saturated rings. The van der Waals surface area contributed by atoms with Gasteiger partial charge < -0.3 is 0 Å². The fourth-order valence-electron chi connectivity index (χ4n) is 1.98. The molecule has 1 N–H and O–H groups in total. The quantitative estimate of drug-likeness (QED) is 0.638. The molecule has 1 aromatic rings. The lowest BCUT2D eigenvalue weighted by molar-refractivity contribution is -0.144. The van der Waals surface area contributed by atoms with Crippen LogP contribution >= 0.6 is 0 Å². The number of piperazine rings is 1. The van der Waals surface area contributed by atoms with Crippen molar-refractivity contribution >= 4 is 17.6 Å². The van der Waals surface area contributed by atoms with Gasteiger partial charge in [-0.15, -0.1) is 0 Å². The molecule has 2 rings (SSSR count). The SMILES string of the molecule is CC1(C)C(=O)NC(=O)CN1CC(=O)c1ccccc1. The van der Waals surface area contributed by atoms with Gasteiger partial charge in [0.2, 0.25) is 11.8 Å². The van der Waals surface area contributed by atoms with Crippen molar-refractivity contribution in [2.45, 2.75) is 19.4 Å². The lowest BCUT2D eigenvalue weighted by Crippen LogP contribution is -2.64. The molecule has 0 spiro atoms. The van der Waals surface area contributed by atoms with Crippen LogP contribution in [0.5, 0.6) is 0 Å². The molecule has 1 aliphatic rings. The van der Waals surface area contributed by atoms with Crippen LogP contribution in [-0.4, -0.2) is 41.1 Å². The van der Waals surface area contributed by atoms with Gasteiger partial charge in [0.05, 0.1) is 18.6 Å². The summed E-state index contributed by atoms with van der Waals surface area (Å²) in [7, 11) is 0. The van der Waals surface area contributed by atoms with E-state index >= 15 is 0 Å². The summed E-state index contributed by atoms with van der Waals surface area (Å²) in [5.74, 6) is -0.842. The van der Waals surface area contributed by atoms with Gasteiger partial charge in [-0.1, -0.05) is 30.3 Å². The molecule has 0 radical (unpaired) electrons. The predicted molar refractivity (Wildman–Crippen MR) is 69.6 cm³/mol. The zero-order chi connectivity index (χ0) is 14.0. The third-order valence-electron chi connectivity index (χ3n) is 3.36. The van der Waals surface area contributed by atoms with E-state index in [9.17, 15) is 14.4 Å². The first-order valence-electron chi connectivity index (χ1n) is 6.09. The summed E-state index contributed by atoms with van der Waals surface area (Å²) in [5, 5.41) is 2.28. The van der Waals surface area contributed by atoms with E-state index in [1.165, 1.54) is 0 Å². The van der Waals surface area contributed by atoms with Crippen LogP contribution in [0.15, 0.2) is 30.3 Å². The Morgan fingerprint density at radius 1 is 1.26 bits per heavy atom. The molecule has 0 aliphatic carbocycles. The average molecular weight is 260 g/mol. The number of carbonyl (C=O) groups excluding carboxylic acids is 3. The van der Waals surface area contributed by atoms with Gasteiger partial charge in [0, 0.05) is 5.56 Å². The Morgan fingerprint density at radius 2 is 1.89 bits per heavy atom. The Balaban J connectivity index is 2.15. The van der Waals surface area contributed by atoms with Crippen LogP contribution in [0.4, 0.5) is 0 Å². The second kappa shape index (κ2) is 4.93. The van der Waals surface area contributed by atoms with Gasteiger partial charge in [0.25, 0.3) is 0 Å². The van der Waals surface area contributed by atoms with Crippen LogP contribution < -0.4 is 5.32 Å². The number of nitrogens with one attached hydrogen (secondary N) is 1. The number of ketones is 1. The minimum Gasteiger partial charge on any atom is -0.294 e. The third kappa shape index (κ3) is 2.71. The largest absolute Gasteiger partial charge is 0.294 e. The van der Waals surface area contributed by atoms with Crippen molar-refractivity contribution in [2.24, 2.45) is 0 Å². The van der Waals surface area contributed by atoms with Crippen LogP contribution in [-0.2, 0) is 9.59 Å². The summed E-state index contributed by atoms with van der Waals surface area (Å²) in [6.07, 6.45) is 0. The van der Waals surface area contributed by atoms with Crippen molar-refractivity contribution in [1.82, 2.24) is 10.2 Å². The van der Waals surface area contributed by atoms with Gasteiger partial charge in [-0.3, -0.25) is 24.6 Å². The van der Waals surface area contributed by atoms with Crippen molar-refractivity contribution in [3.63, 3.8) is 0 Å². The lowest BCUT2D eigenvalue weighted by Gasteiger charge is -2.39. The molecule has 5 heteroatoms. The van der Waals surface area contributed by atoms with Crippen molar-refractivity contribution in [1.29, 1.82) is 0 Å². The molecule has 0 saturated carbocycles. The van der Waals surface area contributed by atoms with Gasteiger partial charge in [0.15, 0.2) is 5.78 Å². The summed E-state index contributed by atoms with van der Waals surface area (Å²) < 4.78 is 0. The summed E-state index contributed by atoms with van der Waals surface area (Å²) in [6.45, 7) is 3.51. The maximum Gasteiger partial charge on any atom is 0.246 e. The number of hydrogen-bond donors (Lipinski definition) is 1. The highest BCUT2D eigenvalue weighted by Gasteiger charge is 2.41. The van der Waals surface area contributed by atoms with Gasteiger partial charge in [-0.2, -0.15) is 0 Å². The molecule has 0 aromatic heterocycles. The maximum absolute atomic E-state index is 12.1. The van der Waals surface area contributed by atoms with E-state index in [0.29, 0.717) is 5.56 Å². The Morgan fingerprint density at radius 3 is 2.53 bits per heavy atom. The van der Waals surface area contributed by atoms with Gasteiger partial charge in [-0.05, 0) is 13.8 Å². The van der Waals surface area contributed by atoms with Crippen LogP contribution in [0.25, 0.3) is 0 Å². The van der Waals surface area contributed by atoms with Crippen LogP contribution in [0.3, 0.4) is 0 Å². The van der Waals surface area contributed by atoms with E-state index in [1.54, 1.807) is 43.0 Å². The second-order valence-electron chi connectivity index (χ2n) is 5.08. The molecule has 1 aliphatic heterocycles. The number of hydrogen-bond acceptors (Lipinski definition) is 4.